The van der Waals surface area contributed by atoms with Crippen molar-refractivity contribution in [2.75, 3.05) is 13.1 Å². The Morgan fingerprint density at radius 1 is 1.14 bits per heavy atom. The van der Waals surface area contributed by atoms with Crippen LogP contribution in [0.2, 0.25) is 5.02 Å². The lowest BCUT2D eigenvalue weighted by molar-refractivity contribution is -0.137. The van der Waals surface area contributed by atoms with Gasteiger partial charge in [-0.3, -0.25) is 14.4 Å². The van der Waals surface area contributed by atoms with E-state index in [2.05, 4.69) is 10.6 Å². The molecule has 0 radical (unpaired) electrons. The van der Waals surface area contributed by atoms with Crippen molar-refractivity contribution < 1.29 is 19.5 Å². The molecule has 21 heavy (non-hydrogen) atoms. The maximum atomic E-state index is 11.6. The number of aliphatic carboxylic acids is 1. The first-order valence-corrected chi connectivity index (χ1v) is 6.76. The second kappa shape index (κ2) is 8.26. The maximum absolute atomic E-state index is 11.6. The van der Waals surface area contributed by atoms with Crippen LogP contribution in [-0.4, -0.2) is 36.0 Å². The molecular formula is C14H17ClN2O4. The van der Waals surface area contributed by atoms with Crippen LogP contribution in [0.15, 0.2) is 18.2 Å². The average Bonchev–Trinajstić information content (AvgIpc) is 2.44. The molecule has 0 aliphatic rings. The minimum Gasteiger partial charge on any atom is -0.480 e. The van der Waals surface area contributed by atoms with Crippen molar-refractivity contribution in [1.29, 1.82) is 0 Å². The second-order valence-corrected chi connectivity index (χ2v) is 4.94. The van der Waals surface area contributed by atoms with Crippen LogP contribution in [0.3, 0.4) is 0 Å². The summed E-state index contributed by atoms with van der Waals surface area (Å²) in [6.45, 7) is 1.20. The molecule has 1 rings (SSSR count). The molecule has 1 aromatic carbocycles. The number of aryl methyl sites for hydroxylation is 2. The van der Waals surface area contributed by atoms with E-state index >= 15 is 0 Å². The van der Waals surface area contributed by atoms with Gasteiger partial charge in [0.15, 0.2) is 0 Å². The molecule has 0 atom stereocenters. The van der Waals surface area contributed by atoms with Gasteiger partial charge >= 0.3 is 5.97 Å². The number of hydrogen-bond acceptors (Lipinski definition) is 3. The van der Waals surface area contributed by atoms with Gasteiger partial charge in [0, 0.05) is 11.4 Å². The van der Waals surface area contributed by atoms with Crippen LogP contribution in [0, 0.1) is 6.92 Å². The fourth-order valence-corrected chi connectivity index (χ4v) is 1.76. The molecule has 0 spiro atoms. The Bertz CT molecular complexity index is 546. The Kier molecular flexibility index (Phi) is 6.68. The molecule has 0 bridgehead atoms. The molecule has 0 heterocycles. The van der Waals surface area contributed by atoms with E-state index < -0.39 is 18.4 Å². The Morgan fingerprint density at radius 3 is 2.43 bits per heavy atom. The number of carbonyl (C=O) groups excluding carboxylic acids is 2. The molecule has 3 N–H and O–H groups in total. The summed E-state index contributed by atoms with van der Waals surface area (Å²) in [6.07, 6.45) is 0.744. The molecule has 7 heteroatoms. The first kappa shape index (κ1) is 17.0. The summed E-state index contributed by atoms with van der Waals surface area (Å²) in [4.78, 5) is 33.0. The Hall–Kier alpha value is -2.08. The standard InChI is InChI=1S/C14H17ClN2O4/c1-9-2-3-10(6-11(9)15)4-5-12(18)16-7-13(19)17-8-14(20)21/h2-3,6H,4-5,7-8H2,1H3,(H,16,18)(H,17,19)(H,20,21). The maximum Gasteiger partial charge on any atom is 0.322 e. The number of amides is 2. The summed E-state index contributed by atoms with van der Waals surface area (Å²) < 4.78 is 0. The highest BCUT2D eigenvalue weighted by atomic mass is 35.5. The normalized spacial score (nSPS) is 10.0. The fraction of sp³-hybridized carbons (Fsp3) is 0.357. The Morgan fingerprint density at radius 2 is 1.81 bits per heavy atom. The van der Waals surface area contributed by atoms with Crippen LogP contribution < -0.4 is 10.6 Å². The smallest absolute Gasteiger partial charge is 0.322 e. The van der Waals surface area contributed by atoms with Crippen LogP contribution in [0.5, 0.6) is 0 Å². The largest absolute Gasteiger partial charge is 0.480 e. The van der Waals surface area contributed by atoms with Gasteiger partial charge in [-0.25, -0.2) is 0 Å². The van der Waals surface area contributed by atoms with Crippen LogP contribution >= 0.6 is 11.6 Å². The van der Waals surface area contributed by atoms with E-state index in [-0.39, 0.29) is 18.9 Å². The lowest BCUT2D eigenvalue weighted by Gasteiger charge is -2.06. The summed E-state index contributed by atoms with van der Waals surface area (Å²) >= 11 is 5.99. The number of carbonyl (C=O) groups is 3. The molecule has 0 saturated carbocycles. The quantitative estimate of drug-likeness (QED) is 0.697. The Labute approximate surface area is 127 Å². The third kappa shape index (κ3) is 6.76. The molecular weight excluding hydrogens is 296 g/mol. The lowest BCUT2D eigenvalue weighted by Crippen LogP contribution is -2.39. The van der Waals surface area contributed by atoms with Gasteiger partial charge < -0.3 is 15.7 Å². The van der Waals surface area contributed by atoms with Crippen LogP contribution in [0.25, 0.3) is 0 Å². The van der Waals surface area contributed by atoms with E-state index in [1.807, 2.05) is 25.1 Å². The molecule has 2 amide bonds. The van der Waals surface area contributed by atoms with E-state index in [0.29, 0.717) is 11.4 Å². The third-order valence-corrected chi connectivity index (χ3v) is 3.17. The van der Waals surface area contributed by atoms with Gasteiger partial charge in [-0.1, -0.05) is 23.7 Å². The molecule has 0 aliphatic heterocycles. The highest BCUT2D eigenvalue weighted by Crippen LogP contribution is 2.17. The predicted molar refractivity (Wildman–Crippen MR) is 78.2 cm³/mol. The van der Waals surface area contributed by atoms with Gasteiger partial charge in [0.2, 0.25) is 11.8 Å². The van der Waals surface area contributed by atoms with E-state index in [1.165, 1.54) is 0 Å². The first-order chi connectivity index (χ1) is 9.88. The summed E-state index contributed by atoms with van der Waals surface area (Å²) in [5, 5.41) is 13.6. The van der Waals surface area contributed by atoms with Crippen LogP contribution in [0.1, 0.15) is 17.5 Å². The minimum absolute atomic E-state index is 0.228. The number of benzene rings is 1. The zero-order chi connectivity index (χ0) is 15.8. The Balaban J connectivity index is 2.29. The van der Waals surface area contributed by atoms with E-state index in [4.69, 9.17) is 16.7 Å². The van der Waals surface area contributed by atoms with Crippen molar-refractivity contribution in [3.8, 4) is 0 Å². The number of nitrogens with one attached hydrogen (secondary N) is 2. The van der Waals surface area contributed by atoms with Crippen molar-refractivity contribution in [1.82, 2.24) is 10.6 Å². The number of carboxylic acids is 1. The molecule has 1 aromatic rings. The van der Waals surface area contributed by atoms with Crippen molar-refractivity contribution in [2.45, 2.75) is 19.8 Å². The van der Waals surface area contributed by atoms with Crippen molar-refractivity contribution >= 4 is 29.4 Å². The van der Waals surface area contributed by atoms with E-state index in [9.17, 15) is 14.4 Å². The number of rotatable bonds is 7. The molecule has 0 saturated heterocycles. The first-order valence-electron chi connectivity index (χ1n) is 6.38. The molecule has 0 fully saturated rings. The van der Waals surface area contributed by atoms with Crippen molar-refractivity contribution in [3.63, 3.8) is 0 Å². The van der Waals surface area contributed by atoms with Gasteiger partial charge in [-0.15, -0.1) is 0 Å². The van der Waals surface area contributed by atoms with Crippen LogP contribution in [0.4, 0.5) is 0 Å². The molecule has 114 valence electrons. The highest BCUT2D eigenvalue weighted by molar-refractivity contribution is 6.31. The molecule has 0 unspecified atom stereocenters. The van der Waals surface area contributed by atoms with Gasteiger partial charge in [-0.2, -0.15) is 0 Å². The molecule has 0 aliphatic carbocycles. The van der Waals surface area contributed by atoms with Crippen molar-refractivity contribution in [2.24, 2.45) is 0 Å². The van der Waals surface area contributed by atoms with E-state index in [1.54, 1.807) is 0 Å². The third-order valence-electron chi connectivity index (χ3n) is 2.76. The van der Waals surface area contributed by atoms with Gasteiger partial charge in [0.1, 0.15) is 6.54 Å². The van der Waals surface area contributed by atoms with Crippen molar-refractivity contribution in [3.05, 3.63) is 34.3 Å². The predicted octanol–water partition coefficient (Wildman–Crippen LogP) is 0.898. The summed E-state index contributed by atoms with van der Waals surface area (Å²) in [5.74, 6) is -1.95. The monoisotopic (exact) mass is 312 g/mol. The SMILES string of the molecule is Cc1ccc(CCC(=O)NCC(=O)NCC(=O)O)cc1Cl. The average molecular weight is 313 g/mol. The fourth-order valence-electron chi connectivity index (χ4n) is 1.55. The lowest BCUT2D eigenvalue weighted by atomic mass is 10.1. The zero-order valence-electron chi connectivity index (χ0n) is 11.6. The second-order valence-electron chi connectivity index (χ2n) is 4.53. The van der Waals surface area contributed by atoms with Crippen LogP contribution in [-0.2, 0) is 20.8 Å². The molecule has 0 aromatic heterocycles. The summed E-state index contributed by atoms with van der Waals surface area (Å²) in [5.41, 5.74) is 1.91. The highest BCUT2D eigenvalue weighted by Gasteiger charge is 2.07. The number of halogens is 1. The number of hydrogen-bond donors (Lipinski definition) is 3. The topological polar surface area (TPSA) is 95.5 Å². The molecule has 6 nitrogen and oxygen atoms in total. The summed E-state index contributed by atoms with van der Waals surface area (Å²) in [6, 6.07) is 5.59. The summed E-state index contributed by atoms with van der Waals surface area (Å²) in [7, 11) is 0. The van der Waals surface area contributed by atoms with Gasteiger partial charge in [-0.05, 0) is 30.5 Å². The minimum atomic E-state index is -1.13. The van der Waals surface area contributed by atoms with Gasteiger partial charge in [0.25, 0.3) is 0 Å². The number of carboxylic acid groups (broad SMARTS) is 1. The zero-order valence-corrected chi connectivity index (χ0v) is 12.4. The van der Waals surface area contributed by atoms with E-state index in [0.717, 1.165) is 11.1 Å². The van der Waals surface area contributed by atoms with Gasteiger partial charge in [0.05, 0.1) is 6.54 Å².